The van der Waals surface area contributed by atoms with Crippen molar-refractivity contribution in [1.29, 1.82) is 0 Å². The molecule has 0 amide bonds. The van der Waals surface area contributed by atoms with Gasteiger partial charge >= 0.3 is 5.97 Å². The van der Waals surface area contributed by atoms with Crippen LogP contribution in [0, 0.1) is 5.92 Å². The fourth-order valence-electron chi connectivity index (χ4n) is 3.42. The van der Waals surface area contributed by atoms with E-state index >= 15 is 0 Å². The molecule has 0 saturated carbocycles. The second-order valence-corrected chi connectivity index (χ2v) is 6.83. The zero-order valence-electron chi connectivity index (χ0n) is 13.3. The Labute approximate surface area is 140 Å². The summed E-state index contributed by atoms with van der Waals surface area (Å²) < 4.78 is 2.12. The van der Waals surface area contributed by atoms with Gasteiger partial charge < -0.3 is 9.67 Å². The summed E-state index contributed by atoms with van der Waals surface area (Å²) in [5, 5.41) is 9.55. The lowest BCUT2D eigenvalue weighted by Gasteiger charge is -2.32. The number of carboxylic acid groups (broad SMARTS) is 1. The first kappa shape index (κ1) is 16.3. The van der Waals surface area contributed by atoms with Gasteiger partial charge in [0.05, 0.1) is 17.6 Å². The summed E-state index contributed by atoms with van der Waals surface area (Å²) in [7, 11) is 2.03. The van der Waals surface area contributed by atoms with E-state index in [4.69, 9.17) is 21.7 Å². The summed E-state index contributed by atoms with van der Waals surface area (Å²) in [6.07, 6.45) is 3.29. The Morgan fingerprint density at radius 3 is 3.09 bits per heavy atom. The third kappa shape index (κ3) is 3.85. The molecule has 2 aromatic rings. The van der Waals surface area contributed by atoms with Crippen molar-refractivity contribution in [2.75, 3.05) is 13.1 Å². The number of piperidine rings is 1. The molecule has 124 valence electrons. The lowest BCUT2D eigenvalue weighted by atomic mass is 9.93. The highest BCUT2D eigenvalue weighted by molar-refractivity contribution is 6.31. The van der Waals surface area contributed by atoms with Crippen molar-refractivity contribution in [3.8, 4) is 0 Å². The molecule has 1 aliphatic heterocycles. The highest BCUT2D eigenvalue weighted by Gasteiger charge is 2.22. The minimum atomic E-state index is -0.700. The number of aromatic nitrogens is 2. The number of halogens is 1. The van der Waals surface area contributed by atoms with E-state index in [2.05, 4.69) is 9.47 Å². The summed E-state index contributed by atoms with van der Waals surface area (Å²) >= 11 is 6.04. The van der Waals surface area contributed by atoms with Crippen LogP contribution in [0.1, 0.15) is 31.5 Å². The standard InChI is InChI=1S/C17H22ClN3O2/c1-20-15-6-5-13(18)9-14(15)19-16(20)11-21-8-2-3-12(10-21)4-7-17(22)23/h5-6,9,12H,2-4,7-8,10-11H2,1H3,(H,22,23). The van der Waals surface area contributed by atoms with E-state index in [1.165, 1.54) is 0 Å². The van der Waals surface area contributed by atoms with Crippen LogP contribution in [0.15, 0.2) is 18.2 Å². The number of hydrogen-bond acceptors (Lipinski definition) is 3. The van der Waals surface area contributed by atoms with Gasteiger partial charge in [-0.15, -0.1) is 0 Å². The third-order valence-corrected chi connectivity index (χ3v) is 4.91. The van der Waals surface area contributed by atoms with Crippen molar-refractivity contribution in [3.63, 3.8) is 0 Å². The fourth-order valence-corrected chi connectivity index (χ4v) is 3.59. The maximum Gasteiger partial charge on any atom is 0.303 e. The van der Waals surface area contributed by atoms with Gasteiger partial charge in [-0.1, -0.05) is 11.6 Å². The molecule has 23 heavy (non-hydrogen) atoms. The van der Waals surface area contributed by atoms with E-state index < -0.39 is 5.97 Å². The molecule has 2 heterocycles. The zero-order valence-corrected chi connectivity index (χ0v) is 14.1. The molecule has 1 unspecified atom stereocenters. The fraction of sp³-hybridized carbons (Fsp3) is 0.529. The van der Waals surface area contributed by atoms with Crippen molar-refractivity contribution >= 4 is 28.6 Å². The van der Waals surface area contributed by atoms with Gasteiger partial charge in [0.1, 0.15) is 5.82 Å². The van der Waals surface area contributed by atoms with E-state index in [1.807, 2.05) is 25.2 Å². The number of benzene rings is 1. The van der Waals surface area contributed by atoms with Crippen LogP contribution in [0.25, 0.3) is 11.0 Å². The van der Waals surface area contributed by atoms with E-state index in [0.29, 0.717) is 10.9 Å². The molecule has 6 heteroatoms. The summed E-state index contributed by atoms with van der Waals surface area (Å²) in [5.74, 6) is 0.805. The van der Waals surface area contributed by atoms with Crippen LogP contribution < -0.4 is 0 Å². The van der Waals surface area contributed by atoms with Gasteiger partial charge in [-0.05, 0) is 49.9 Å². The summed E-state index contributed by atoms with van der Waals surface area (Å²) in [6.45, 7) is 2.80. The maximum atomic E-state index is 10.7. The monoisotopic (exact) mass is 335 g/mol. The Bertz CT molecular complexity index is 713. The van der Waals surface area contributed by atoms with Gasteiger partial charge in [0.25, 0.3) is 0 Å². The zero-order chi connectivity index (χ0) is 16.4. The summed E-state index contributed by atoms with van der Waals surface area (Å²) in [6, 6.07) is 5.78. The second kappa shape index (κ2) is 6.89. The van der Waals surface area contributed by atoms with Gasteiger partial charge in [-0.25, -0.2) is 4.98 Å². The van der Waals surface area contributed by atoms with Crippen LogP contribution in [0.4, 0.5) is 0 Å². The van der Waals surface area contributed by atoms with Crippen LogP contribution in [0.5, 0.6) is 0 Å². The van der Waals surface area contributed by atoms with Gasteiger partial charge in [-0.2, -0.15) is 0 Å². The van der Waals surface area contributed by atoms with Crippen molar-refractivity contribution in [3.05, 3.63) is 29.0 Å². The minimum absolute atomic E-state index is 0.267. The van der Waals surface area contributed by atoms with Crippen LogP contribution in [-0.2, 0) is 18.4 Å². The highest BCUT2D eigenvalue weighted by atomic mass is 35.5. The molecule has 0 radical (unpaired) electrons. The molecule has 1 saturated heterocycles. The van der Waals surface area contributed by atoms with E-state index in [-0.39, 0.29) is 6.42 Å². The highest BCUT2D eigenvalue weighted by Crippen LogP contribution is 2.24. The topological polar surface area (TPSA) is 58.4 Å². The van der Waals surface area contributed by atoms with Crippen molar-refractivity contribution < 1.29 is 9.90 Å². The predicted octanol–water partition coefficient (Wildman–Crippen LogP) is 3.30. The van der Waals surface area contributed by atoms with Crippen molar-refractivity contribution in [1.82, 2.24) is 14.5 Å². The van der Waals surface area contributed by atoms with E-state index in [9.17, 15) is 4.79 Å². The van der Waals surface area contributed by atoms with E-state index in [1.54, 1.807) is 0 Å². The lowest BCUT2D eigenvalue weighted by Crippen LogP contribution is -2.35. The summed E-state index contributed by atoms with van der Waals surface area (Å²) in [4.78, 5) is 17.8. The average Bonchev–Trinajstić information content (AvgIpc) is 2.81. The molecule has 3 rings (SSSR count). The third-order valence-electron chi connectivity index (χ3n) is 4.67. The van der Waals surface area contributed by atoms with Crippen molar-refractivity contribution in [2.45, 2.75) is 32.2 Å². The maximum absolute atomic E-state index is 10.7. The molecule has 0 aliphatic carbocycles. The Morgan fingerprint density at radius 1 is 1.48 bits per heavy atom. The molecule has 5 nitrogen and oxygen atoms in total. The van der Waals surface area contributed by atoms with Gasteiger partial charge in [0.2, 0.25) is 0 Å². The quantitative estimate of drug-likeness (QED) is 0.910. The Hall–Kier alpha value is -1.59. The van der Waals surface area contributed by atoms with Gasteiger partial charge in [0, 0.05) is 25.0 Å². The number of carbonyl (C=O) groups is 1. The number of aryl methyl sites for hydroxylation is 1. The molecular weight excluding hydrogens is 314 g/mol. The number of nitrogens with zero attached hydrogens (tertiary/aromatic N) is 3. The molecule has 1 fully saturated rings. The predicted molar refractivity (Wildman–Crippen MR) is 90.6 cm³/mol. The van der Waals surface area contributed by atoms with Crippen LogP contribution in [0.3, 0.4) is 0 Å². The largest absolute Gasteiger partial charge is 0.481 e. The normalized spacial score (nSPS) is 19.3. The Morgan fingerprint density at radius 2 is 2.30 bits per heavy atom. The minimum Gasteiger partial charge on any atom is -0.481 e. The van der Waals surface area contributed by atoms with Crippen molar-refractivity contribution in [2.24, 2.45) is 13.0 Å². The molecule has 1 aliphatic rings. The lowest BCUT2D eigenvalue weighted by molar-refractivity contribution is -0.137. The SMILES string of the molecule is Cn1c(CN2CCCC(CCC(=O)O)C2)nc2cc(Cl)ccc21. The molecule has 0 bridgehead atoms. The van der Waals surface area contributed by atoms with E-state index in [0.717, 1.165) is 55.8 Å². The van der Waals surface area contributed by atoms with Gasteiger partial charge in [0.15, 0.2) is 0 Å². The number of hydrogen-bond donors (Lipinski definition) is 1. The molecule has 1 N–H and O–H groups in total. The number of likely N-dealkylation sites (tertiary alicyclic amines) is 1. The summed E-state index contributed by atoms with van der Waals surface area (Å²) in [5.41, 5.74) is 2.01. The average molecular weight is 336 g/mol. The number of imidazole rings is 1. The first-order valence-corrected chi connectivity index (χ1v) is 8.45. The van der Waals surface area contributed by atoms with Crippen LogP contribution in [0.2, 0.25) is 5.02 Å². The van der Waals surface area contributed by atoms with Gasteiger partial charge in [-0.3, -0.25) is 9.69 Å². The Kier molecular flexibility index (Phi) is 4.87. The molecular formula is C17H22ClN3O2. The van der Waals surface area contributed by atoms with Crippen LogP contribution >= 0.6 is 11.6 Å². The molecule has 1 atom stereocenters. The first-order chi connectivity index (χ1) is 11.0. The second-order valence-electron chi connectivity index (χ2n) is 6.40. The number of fused-ring (bicyclic) bond motifs is 1. The molecule has 1 aromatic heterocycles. The number of rotatable bonds is 5. The number of aliphatic carboxylic acids is 1. The smallest absolute Gasteiger partial charge is 0.303 e. The Balaban J connectivity index is 1.69. The first-order valence-electron chi connectivity index (χ1n) is 8.08. The molecule has 1 aromatic carbocycles. The molecule has 0 spiro atoms. The van der Waals surface area contributed by atoms with Crippen LogP contribution in [-0.4, -0.2) is 38.6 Å². The number of carboxylic acids is 1.